The molecule has 0 heterocycles. The van der Waals surface area contributed by atoms with Crippen molar-refractivity contribution in [1.82, 2.24) is 10.2 Å². The summed E-state index contributed by atoms with van der Waals surface area (Å²) in [6.07, 6.45) is 8.16. The van der Waals surface area contributed by atoms with Crippen LogP contribution < -0.4 is 11.1 Å². The number of hydrogen-bond acceptors (Lipinski definition) is 4. The molecular weight excluding hydrogens is 342 g/mol. The Labute approximate surface area is 161 Å². The average molecular weight is 373 g/mol. The van der Waals surface area contributed by atoms with Gasteiger partial charge in [0.1, 0.15) is 0 Å². The van der Waals surface area contributed by atoms with E-state index >= 15 is 0 Å². The Morgan fingerprint density at radius 1 is 1.37 bits per heavy atom. The van der Waals surface area contributed by atoms with E-state index in [1.54, 1.807) is 11.8 Å². The first-order valence-corrected chi connectivity index (χ1v) is 9.65. The van der Waals surface area contributed by atoms with Gasteiger partial charge in [0.05, 0.1) is 12.1 Å². The van der Waals surface area contributed by atoms with Crippen LogP contribution in [0.1, 0.15) is 38.2 Å². The van der Waals surface area contributed by atoms with Crippen molar-refractivity contribution in [2.75, 3.05) is 6.54 Å². The van der Waals surface area contributed by atoms with E-state index in [-0.39, 0.29) is 24.1 Å². The summed E-state index contributed by atoms with van der Waals surface area (Å²) in [5.41, 5.74) is 6.88. The van der Waals surface area contributed by atoms with E-state index in [2.05, 4.69) is 17.4 Å². The van der Waals surface area contributed by atoms with Gasteiger partial charge in [0.25, 0.3) is 0 Å². The molecule has 4 N–H and O–H groups in total. The summed E-state index contributed by atoms with van der Waals surface area (Å²) in [7, 11) is 0. The largest absolute Gasteiger partial charge is 0.393 e. The average Bonchev–Trinajstić information content (AvgIpc) is 3.09. The van der Waals surface area contributed by atoms with Crippen LogP contribution in [0.3, 0.4) is 0 Å². The molecule has 148 valence electrons. The van der Waals surface area contributed by atoms with E-state index in [1.807, 2.05) is 30.4 Å². The van der Waals surface area contributed by atoms with Crippen LogP contribution in [0.5, 0.6) is 0 Å². The Morgan fingerprint density at radius 2 is 2.11 bits per heavy atom. The predicted molar refractivity (Wildman–Crippen MR) is 106 cm³/mol. The van der Waals surface area contributed by atoms with E-state index in [9.17, 15) is 14.7 Å². The number of aryl methyl sites for hydroxylation is 1. The number of nitrogens with zero attached hydrogens (tertiary/aromatic N) is 1. The van der Waals surface area contributed by atoms with Crippen LogP contribution in [0.15, 0.2) is 42.5 Å². The van der Waals surface area contributed by atoms with Gasteiger partial charge in [-0.25, -0.2) is 0 Å². The van der Waals surface area contributed by atoms with E-state index in [0.29, 0.717) is 13.0 Å². The lowest BCUT2D eigenvalue weighted by Crippen LogP contribution is -2.43. The molecule has 2 amide bonds. The maximum atomic E-state index is 12.0. The molecule has 0 bridgehead atoms. The molecule has 6 heteroatoms. The van der Waals surface area contributed by atoms with Crippen LogP contribution in [0.25, 0.3) is 0 Å². The summed E-state index contributed by atoms with van der Waals surface area (Å²) in [5, 5.41) is 12.6. The van der Waals surface area contributed by atoms with E-state index in [1.165, 1.54) is 5.56 Å². The number of nitrogens with one attached hydrogen (secondary N) is 1. The van der Waals surface area contributed by atoms with Crippen LogP contribution >= 0.6 is 0 Å². The minimum Gasteiger partial charge on any atom is -0.393 e. The molecule has 27 heavy (non-hydrogen) atoms. The number of carbonyl (C=O) groups excluding carboxylic acids is 2. The van der Waals surface area contributed by atoms with Crippen molar-refractivity contribution >= 4 is 12.3 Å². The van der Waals surface area contributed by atoms with Gasteiger partial charge < -0.3 is 21.1 Å². The van der Waals surface area contributed by atoms with Gasteiger partial charge >= 0.3 is 0 Å². The number of benzene rings is 1. The molecule has 0 spiro atoms. The van der Waals surface area contributed by atoms with Crippen molar-refractivity contribution in [2.45, 2.75) is 63.3 Å². The number of hydrogen-bond donors (Lipinski definition) is 3. The van der Waals surface area contributed by atoms with Crippen molar-refractivity contribution in [3.8, 4) is 0 Å². The van der Waals surface area contributed by atoms with Crippen LogP contribution in [-0.4, -0.2) is 53.1 Å². The third-order valence-electron chi connectivity index (χ3n) is 4.99. The zero-order chi connectivity index (χ0) is 19.6. The first kappa shape index (κ1) is 21.1. The third-order valence-corrected chi connectivity index (χ3v) is 4.99. The first-order valence-electron chi connectivity index (χ1n) is 9.65. The Kier molecular flexibility index (Phi) is 8.48. The number of carbonyl (C=O) groups is 2. The fourth-order valence-corrected chi connectivity index (χ4v) is 3.36. The number of aliphatic hydroxyl groups is 1. The molecule has 1 aromatic carbocycles. The molecule has 1 saturated carbocycles. The van der Waals surface area contributed by atoms with Gasteiger partial charge in [-0.05, 0) is 44.6 Å². The number of nitrogens with two attached hydrogens (primary N) is 1. The van der Waals surface area contributed by atoms with Crippen LogP contribution in [0, 0.1) is 0 Å². The zero-order valence-corrected chi connectivity index (χ0v) is 16.0. The molecule has 1 aliphatic carbocycles. The lowest BCUT2D eigenvalue weighted by Gasteiger charge is -2.23. The first-order chi connectivity index (χ1) is 13.0. The number of amides is 2. The van der Waals surface area contributed by atoms with Crippen LogP contribution in [-0.2, 0) is 16.0 Å². The fraction of sp³-hybridized carbons (Fsp3) is 0.524. The summed E-state index contributed by atoms with van der Waals surface area (Å²) < 4.78 is 0. The highest BCUT2D eigenvalue weighted by atomic mass is 16.3. The standard InChI is InChI=1S/C21H31N3O3/c1-16(22)21(27)23-18(10-9-17-6-3-2-4-7-17)8-5-13-24(15-25)19-11-12-20(26)14-19/h2-8,15-16,18-20,26H,9-14,22H2,1H3,(H,23,27)/b8-5+/t16-,18+,19+,20-/m0/s1. The molecular formula is C21H31N3O3. The lowest BCUT2D eigenvalue weighted by atomic mass is 10.0. The normalized spacial score (nSPS) is 21.7. The van der Waals surface area contributed by atoms with Crippen molar-refractivity contribution < 1.29 is 14.7 Å². The van der Waals surface area contributed by atoms with Crippen molar-refractivity contribution in [1.29, 1.82) is 0 Å². The van der Waals surface area contributed by atoms with Gasteiger partial charge in [-0.1, -0.05) is 42.5 Å². The summed E-state index contributed by atoms with van der Waals surface area (Å²) in [6.45, 7) is 2.13. The summed E-state index contributed by atoms with van der Waals surface area (Å²) in [6, 6.07) is 9.48. The Bertz CT molecular complexity index is 618. The quantitative estimate of drug-likeness (QED) is 0.426. The van der Waals surface area contributed by atoms with Gasteiger partial charge in [0, 0.05) is 18.6 Å². The van der Waals surface area contributed by atoms with Crippen molar-refractivity contribution in [3.05, 3.63) is 48.0 Å². The molecule has 4 atom stereocenters. The SMILES string of the molecule is C[C@H](N)C(=O)N[C@H](/C=C/CN(C=O)[C@@H]1CC[C@H](O)C1)CCc1ccccc1. The summed E-state index contributed by atoms with van der Waals surface area (Å²) in [5.74, 6) is -0.191. The molecule has 0 aromatic heterocycles. The van der Waals surface area contributed by atoms with Gasteiger partial charge in [-0.15, -0.1) is 0 Å². The van der Waals surface area contributed by atoms with Gasteiger partial charge in [0.15, 0.2) is 0 Å². The Hall–Kier alpha value is -2.18. The predicted octanol–water partition coefficient (Wildman–Crippen LogP) is 1.38. The van der Waals surface area contributed by atoms with Crippen molar-refractivity contribution in [3.63, 3.8) is 0 Å². The van der Waals surface area contributed by atoms with Gasteiger partial charge in [-0.3, -0.25) is 9.59 Å². The monoisotopic (exact) mass is 373 g/mol. The maximum Gasteiger partial charge on any atom is 0.237 e. The van der Waals surface area contributed by atoms with E-state index in [4.69, 9.17) is 5.73 Å². The van der Waals surface area contributed by atoms with Gasteiger partial charge in [0.2, 0.25) is 12.3 Å². The zero-order valence-electron chi connectivity index (χ0n) is 16.0. The molecule has 0 unspecified atom stereocenters. The van der Waals surface area contributed by atoms with E-state index < -0.39 is 6.04 Å². The molecule has 0 saturated heterocycles. The second-order valence-electron chi connectivity index (χ2n) is 7.28. The molecule has 0 aliphatic heterocycles. The second kappa shape index (κ2) is 10.8. The highest BCUT2D eigenvalue weighted by Gasteiger charge is 2.26. The number of aliphatic hydroxyl groups excluding tert-OH is 1. The molecule has 1 fully saturated rings. The summed E-state index contributed by atoms with van der Waals surface area (Å²) in [4.78, 5) is 25.1. The van der Waals surface area contributed by atoms with Crippen LogP contribution in [0.2, 0.25) is 0 Å². The molecule has 2 rings (SSSR count). The maximum absolute atomic E-state index is 12.0. The number of rotatable bonds is 10. The molecule has 6 nitrogen and oxygen atoms in total. The second-order valence-corrected chi connectivity index (χ2v) is 7.28. The third kappa shape index (κ3) is 7.15. The highest BCUT2D eigenvalue weighted by Crippen LogP contribution is 2.23. The Balaban J connectivity index is 1.93. The fourth-order valence-electron chi connectivity index (χ4n) is 3.36. The smallest absolute Gasteiger partial charge is 0.237 e. The lowest BCUT2D eigenvalue weighted by molar-refractivity contribution is -0.122. The van der Waals surface area contributed by atoms with Crippen LogP contribution in [0.4, 0.5) is 0 Å². The minimum absolute atomic E-state index is 0.0866. The molecule has 1 aromatic rings. The van der Waals surface area contributed by atoms with Crippen molar-refractivity contribution in [2.24, 2.45) is 5.73 Å². The summed E-state index contributed by atoms with van der Waals surface area (Å²) >= 11 is 0. The minimum atomic E-state index is -0.566. The molecule has 0 radical (unpaired) electrons. The highest BCUT2D eigenvalue weighted by molar-refractivity contribution is 5.81. The topological polar surface area (TPSA) is 95.7 Å². The van der Waals surface area contributed by atoms with Gasteiger partial charge in [-0.2, -0.15) is 0 Å². The van der Waals surface area contributed by atoms with E-state index in [0.717, 1.165) is 32.1 Å². The molecule has 1 aliphatic rings. The Morgan fingerprint density at radius 3 is 2.70 bits per heavy atom.